The first-order valence-electron chi connectivity index (χ1n) is 6.92. The third-order valence-electron chi connectivity index (χ3n) is 3.62. The van der Waals surface area contributed by atoms with Crippen molar-refractivity contribution in [3.8, 4) is 0 Å². The number of hydrogen-bond donors (Lipinski definition) is 2. The highest BCUT2D eigenvalue weighted by Crippen LogP contribution is 2.21. The van der Waals surface area contributed by atoms with Crippen molar-refractivity contribution in [2.24, 2.45) is 5.73 Å². The van der Waals surface area contributed by atoms with Gasteiger partial charge in [0.25, 0.3) is 0 Å². The molecule has 0 bridgehead atoms. The second kappa shape index (κ2) is 6.43. The largest absolute Gasteiger partial charge is 0.382 e. The Labute approximate surface area is 109 Å². The molecule has 3 nitrogen and oxygen atoms in total. The van der Waals surface area contributed by atoms with Gasteiger partial charge in [0, 0.05) is 17.3 Å². The molecule has 0 aromatic heterocycles. The number of nitrogens with two attached hydrogens (primary N) is 1. The number of carbonyl (C=O) groups excluding carboxylic acids is 1. The topological polar surface area (TPSA) is 55.1 Å². The first-order chi connectivity index (χ1) is 8.75. The van der Waals surface area contributed by atoms with Gasteiger partial charge in [0.1, 0.15) is 0 Å². The Bertz CT molecular complexity index is 395. The summed E-state index contributed by atoms with van der Waals surface area (Å²) in [4.78, 5) is 11.1. The molecular formula is C15H22N2O. The quantitative estimate of drug-likeness (QED) is 0.859. The van der Waals surface area contributed by atoms with Crippen molar-refractivity contribution in [2.75, 3.05) is 5.32 Å². The molecule has 2 rings (SSSR count). The highest BCUT2D eigenvalue weighted by Gasteiger charge is 2.11. The van der Waals surface area contributed by atoms with E-state index in [-0.39, 0.29) is 5.91 Å². The molecule has 0 spiro atoms. The van der Waals surface area contributed by atoms with Crippen LogP contribution in [-0.4, -0.2) is 11.9 Å². The van der Waals surface area contributed by atoms with Crippen LogP contribution in [0.3, 0.4) is 0 Å². The fraction of sp³-hybridized carbons (Fsp3) is 0.533. The molecule has 3 N–H and O–H groups in total. The van der Waals surface area contributed by atoms with Gasteiger partial charge < -0.3 is 11.1 Å². The summed E-state index contributed by atoms with van der Waals surface area (Å²) in [5, 5.41) is 3.54. The van der Waals surface area contributed by atoms with E-state index < -0.39 is 0 Å². The van der Waals surface area contributed by atoms with E-state index in [1.54, 1.807) is 6.07 Å². The predicted molar refractivity (Wildman–Crippen MR) is 74.7 cm³/mol. The van der Waals surface area contributed by atoms with Gasteiger partial charge in [0.05, 0.1) is 0 Å². The van der Waals surface area contributed by atoms with Crippen LogP contribution in [0, 0.1) is 0 Å². The zero-order valence-corrected chi connectivity index (χ0v) is 10.8. The maximum absolute atomic E-state index is 11.1. The molecule has 1 aliphatic rings. The van der Waals surface area contributed by atoms with Crippen molar-refractivity contribution in [2.45, 2.75) is 51.0 Å². The van der Waals surface area contributed by atoms with E-state index in [0.29, 0.717) is 11.6 Å². The summed E-state index contributed by atoms with van der Waals surface area (Å²) in [6, 6.07) is 8.02. The number of primary amides is 1. The monoisotopic (exact) mass is 246 g/mol. The van der Waals surface area contributed by atoms with E-state index in [1.165, 1.54) is 44.9 Å². The average Bonchev–Trinajstić information content (AvgIpc) is 2.33. The molecule has 0 saturated heterocycles. The van der Waals surface area contributed by atoms with E-state index >= 15 is 0 Å². The Hall–Kier alpha value is -1.51. The maximum Gasteiger partial charge on any atom is 0.248 e. The third-order valence-corrected chi connectivity index (χ3v) is 3.62. The van der Waals surface area contributed by atoms with Crippen LogP contribution in [0.2, 0.25) is 0 Å². The molecule has 1 saturated carbocycles. The Morgan fingerprint density at radius 2 is 1.78 bits per heavy atom. The summed E-state index contributed by atoms with van der Waals surface area (Å²) in [5.41, 5.74) is 6.88. The summed E-state index contributed by atoms with van der Waals surface area (Å²) < 4.78 is 0. The molecule has 18 heavy (non-hydrogen) atoms. The Morgan fingerprint density at radius 3 is 2.44 bits per heavy atom. The first-order valence-corrected chi connectivity index (χ1v) is 6.92. The molecule has 3 heteroatoms. The zero-order valence-electron chi connectivity index (χ0n) is 10.8. The minimum absolute atomic E-state index is 0.365. The van der Waals surface area contributed by atoms with Gasteiger partial charge in [-0.25, -0.2) is 0 Å². The smallest absolute Gasteiger partial charge is 0.248 e. The lowest BCUT2D eigenvalue weighted by atomic mass is 9.96. The van der Waals surface area contributed by atoms with Crippen LogP contribution < -0.4 is 11.1 Å². The van der Waals surface area contributed by atoms with E-state index in [9.17, 15) is 4.79 Å². The minimum Gasteiger partial charge on any atom is -0.382 e. The molecule has 0 heterocycles. The molecule has 1 amide bonds. The average molecular weight is 246 g/mol. The molecule has 0 radical (unpaired) electrons. The van der Waals surface area contributed by atoms with E-state index in [4.69, 9.17) is 5.73 Å². The van der Waals surface area contributed by atoms with Crippen molar-refractivity contribution in [1.29, 1.82) is 0 Å². The van der Waals surface area contributed by atoms with E-state index in [1.807, 2.05) is 18.2 Å². The molecule has 98 valence electrons. The van der Waals surface area contributed by atoms with Gasteiger partial charge in [0.15, 0.2) is 0 Å². The fourth-order valence-electron chi connectivity index (χ4n) is 2.60. The molecule has 1 aromatic rings. The lowest BCUT2D eigenvalue weighted by Crippen LogP contribution is -2.21. The Morgan fingerprint density at radius 1 is 1.11 bits per heavy atom. The molecule has 0 unspecified atom stereocenters. The summed E-state index contributed by atoms with van der Waals surface area (Å²) in [6.07, 6.45) is 9.12. The minimum atomic E-state index is -0.365. The van der Waals surface area contributed by atoms with Gasteiger partial charge in [-0.3, -0.25) is 4.79 Å². The number of benzene rings is 1. The van der Waals surface area contributed by atoms with Crippen LogP contribution in [0.5, 0.6) is 0 Å². The van der Waals surface area contributed by atoms with Crippen molar-refractivity contribution in [1.82, 2.24) is 0 Å². The Balaban J connectivity index is 1.98. The van der Waals surface area contributed by atoms with Crippen LogP contribution >= 0.6 is 0 Å². The van der Waals surface area contributed by atoms with Crippen molar-refractivity contribution >= 4 is 11.6 Å². The predicted octanol–water partition coefficient (Wildman–Crippen LogP) is 3.31. The van der Waals surface area contributed by atoms with Crippen LogP contribution in [0.1, 0.15) is 55.3 Å². The highest BCUT2D eigenvalue weighted by atomic mass is 16.1. The van der Waals surface area contributed by atoms with Crippen LogP contribution in [0.15, 0.2) is 24.3 Å². The first kappa shape index (κ1) is 12.9. The van der Waals surface area contributed by atoms with Gasteiger partial charge >= 0.3 is 0 Å². The number of amides is 1. The number of hydrogen-bond acceptors (Lipinski definition) is 2. The number of anilines is 1. The van der Waals surface area contributed by atoms with Gasteiger partial charge in [-0.15, -0.1) is 0 Å². The number of nitrogens with one attached hydrogen (secondary N) is 1. The van der Waals surface area contributed by atoms with Gasteiger partial charge in [-0.2, -0.15) is 0 Å². The van der Waals surface area contributed by atoms with E-state index in [2.05, 4.69) is 5.32 Å². The molecule has 0 aliphatic heterocycles. The number of rotatable bonds is 3. The lowest BCUT2D eigenvalue weighted by molar-refractivity contribution is 0.100. The second-order valence-electron chi connectivity index (χ2n) is 5.13. The SMILES string of the molecule is NC(=O)c1cccc(NC2CCCCCCC2)c1. The molecular weight excluding hydrogens is 224 g/mol. The normalized spacial score (nSPS) is 17.8. The maximum atomic E-state index is 11.1. The summed E-state index contributed by atoms with van der Waals surface area (Å²) in [7, 11) is 0. The summed E-state index contributed by atoms with van der Waals surface area (Å²) in [5.74, 6) is -0.365. The summed E-state index contributed by atoms with van der Waals surface area (Å²) >= 11 is 0. The van der Waals surface area contributed by atoms with Crippen LogP contribution in [-0.2, 0) is 0 Å². The third kappa shape index (κ3) is 3.76. The zero-order chi connectivity index (χ0) is 12.8. The van der Waals surface area contributed by atoms with Gasteiger partial charge in [-0.05, 0) is 31.0 Å². The highest BCUT2D eigenvalue weighted by molar-refractivity contribution is 5.93. The van der Waals surface area contributed by atoms with Gasteiger partial charge in [0.2, 0.25) is 5.91 Å². The second-order valence-corrected chi connectivity index (χ2v) is 5.13. The van der Waals surface area contributed by atoms with Crippen molar-refractivity contribution in [3.63, 3.8) is 0 Å². The van der Waals surface area contributed by atoms with Gasteiger partial charge in [-0.1, -0.05) is 38.2 Å². The lowest BCUT2D eigenvalue weighted by Gasteiger charge is -2.22. The molecule has 1 fully saturated rings. The fourth-order valence-corrected chi connectivity index (χ4v) is 2.60. The molecule has 1 aromatic carbocycles. The summed E-state index contributed by atoms with van der Waals surface area (Å²) in [6.45, 7) is 0. The Kier molecular flexibility index (Phi) is 4.62. The molecule has 0 atom stereocenters. The van der Waals surface area contributed by atoms with Crippen molar-refractivity contribution in [3.05, 3.63) is 29.8 Å². The van der Waals surface area contributed by atoms with E-state index in [0.717, 1.165) is 5.69 Å². The van der Waals surface area contributed by atoms with Crippen LogP contribution in [0.25, 0.3) is 0 Å². The molecule has 1 aliphatic carbocycles. The standard InChI is InChI=1S/C15H22N2O/c16-15(18)12-7-6-10-14(11-12)17-13-8-4-2-1-3-5-9-13/h6-7,10-11,13,17H,1-5,8-9H2,(H2,16,18). The van der Waals surface area contributed by atoms with Crippen molar-refractivity contribution < 1.29 is 4.79 Å². The number of carbonyl (C=O) groups is 1. The van der Waals surface area contributed by atoms with Crippen LogP contribution in [0.4, 0.5) is 5.69 Å².